The van der Waals surface area contributed by atoms with Crippen molar-refractivity contribution in [3.8, 4) is 0 Å². The summed E-state index contributed by atoms with van der Waals surface area (Å²) in [6.07, 6.45) is 5.34. The van der Waals surface area contributed by atoms with E-state index in [9.17, 15) is 8.42 Å². The SMILES string of the molecule is CCN(CCNS(=O)(=O)c1cnn(C)c1)C1CC1. The third-order valence-electron chi connectivity index (χ3n) is 3.15. The molecule has 6 nitrogen and oxygen atoms in total. The molecule has 0 bridgehead atoms. The van der Waals surface area contributed by atoms with Crippen LogP contribution < -0.4 is 4.72 Å². The number of aryl methyl sites for hydroxylation is 1. The van der Waals surface area contributed by atoms with Gasteiger partial charge in [0.25, 0.3) is 0 Å². The number of nitrogens with one attached hydrogen (secondary N) is 1. The zero-order valence-electron chi connectivity index (χ0n) is 10.8. The molecule has 102 valence electrons. The Morgan fingerprint density at radius 3 is 2.78 bits per heavy atom. The highest BCUT2D eigenvalue weighted by Crippen LogP contribution is 2.25. The van der Waals surface area contributed by atoms with E-state index >= 15 is 0 Å². The number of hydrogen-bond donors (Lipinski definition) is 1. The maximum Gasteiger partial charge on any atom is 0.243 e. The maximum atomic E-state index is 11.9. The molecule has 1 N–H and O–H groups in total. The van der Waals surface area contributed by atoms with Crippen LogP contribution in [0, 0.1) is 0 Å². The highest BCUT2D eigenvalue weighted by molar-refractivity contribution is 7.89. The van der Waals surface area contributed by atoms with Gasteiger partial charge in [0.2, 0.25) is 10.0 Å². The summed E-state index contributed by atoms with van der Waals surface area (Å²) in [5.41, 5.74) is 0. The molecule has 1 heterocycles. The molecule has 1 fully saturated rings. The Balaban J connectivity index is 1.85. The second kappa shape index (κ2) is 5.38. The zero-order chi connectivity index (χ0) is 13.2. The van der Waals surface area contributed by atoms with Crippen LogP contribution in [0.5, 0.6) is 0 Å². The molecule has 0 saturated heterocycles. The predicted molar refractivity (Wildman–Crippen MR) is 68.7 cm³/mol. The van der Waals surface area contributed by atoms with Gasteiger partial charge >= 0.3 is 0 Å². The number of rotatable bonds is 7. The number of hydrogen-bond acceptors (Lipinski definition) is 4. The molecule has 1 saturated carbocycles. The molecule has 1 aromatic heterocycles. The molecule has 0 amide bonds. The standard InChI is InChI=1S/C11H20N4O2S/c1-3-15(10-4-5-10)7-6-13-18(16,17)11-8-12-14(2)9-11/h8-10,13H,3-7H2,1-2H3. The molecule has 0 atom stereocenters. The normalized spacial score (nSPS) is 16.4. The number of aromatic nitrogens is 2. The fourth-order valence-electron chi connectivity index (χ4n) is 1.98. The van der Waals surface area contributed by atoms with Gasteiger partial charge in [-0.1, -0.05) is 6.92 Å². The van der Waals surface area contributed by atoms with Crippen LogP contribution >= 0.6 is 0 Å². The number of sulfonamides is 1. The van der Waals surface area contributed by atoms with Crippen molar-refractivity contribution in [1.29, 1.82) is 0 Å². The van der Waals surface area contributed by atoms with Crippen LogP contribution in [0.3, 0.4) is 0 Å². The van der Waals surface area contributed by atoms with Gasteiger partial charge in [0.05, 0.1) is 6.20 Å². The monoisotopic (exact) mass is 272 g/mol. The Kier molecular flexibility index (Phi) is 4.04. The summed E-state index contributed by atoms with van der Waals surface area (Å²) in [7, 11) is -1.71. The van der Waals surface area contributed by atoms with E-state index in [1.54, 1.807) is 7.05 Å². The summed E-state index contributed by atoms with van der Waals surface area (Å²) in [6.45, 7) is 4.29. The van der Waals surface area contributed by atoms with Crippen molar-refractivity contribution < 1.29 is 8.42 Å². The van der Waals surface area contributed by atoms with Crippen LogP contribution in [-0.4, -0.2) is 48.8 Å². The largest absolute Gasteiger partial charge is 0.299 e. The third kappa shape index (κ3) is 3.30. The summed E-state index contributed by atoms with van der Waals surface area (Å²) in [5.74, 6) is 0. The Labute approximate surface area is 108 Å². The first-order chi connectivity index (χ1) is 8.53. The van der Waals surface area contributed by atoms with Crippen molar-refractivity contribution in [3.63, 3.8) is 0 Å². The quantitative estimate of drug-likeness (QED) is 0.769. The summed E-state index contributed by atoms with van der Waals surface area (Å²) >= 11 is 0. The summed E-state index contributed by atoms with van der Waals surface area (Å²) < 4.78 is 27.9. The molecule has 1 aliphatic rings. The van der Waals surface area contributed by atoms with Gasteiger partial charge in [-0.05, 0) is 19.4 Å². The van der Waals surface area contributed by atoms with Crippen molar-refractivity contribution in [2.24, 2.45) is 7.05 Å². The van der Waals surface area contributed by atoms with E-state index in [1.807, 2.05) is 0 Å². The first-order valence-electron chi connectivity index (χ1n) is 6.25. The minimum absolute atomic E-state index is 0.222. The molecule has 18 heavy (non-hydrogen) atoms. The van der Waals surface area contributed by atoms with Gasteiger partial charge in [-0.15, -0.1) is 0 Å². The summed E-state index contributed by atoms with van der Waals surface area (Å²) in [5, 5.41) is 3.87. The Bertz CT molecular complexity index is 493. The lowest BCUT2D eigenvalue weighted by molar-refractivity contribution is 0.282. The van der Waals surface area contributed by atoms with Crippen LogP contribution in [0.25, 0.3) is 0 Å². The fraction of sp³-hybridized carbons (Fsp3) is 0.727. The number of likely N-dealkylation sites (N-methyl/N-ethyl adjacent to an activating group) is 1. The number of nitrogens with zero attached hydrogens (tertiary/aromatic N) is 3. The van der Waals surface area contributed by atoms with Crippen LogP contribution in [-0.2, 0) is 17.1 Å². The van der Waals surface area contributed by atoms with Crippen molar-refractivity contribution in [2.75, 3.05) is 19.6 Å². The van der Waals surface area contributed by atoms with E-state index in [2.05, 4.69) is 21.6 Å². The van der Waals surface area contributed by atoms with Crippen LogP contribution in [0.15, 0.2) is 17.3 Å². The highest BCUT2D eigenvalue weighted by Gasteiger charge is 2.27. The van der Waals surface area contributed by atoms with Gasteiger partial charge in [-0.3, -0.25) is 9.58 Å². The molecule has 0 aromatic carbocycles. The second-order valence-electron chi connectivity index (χ2n) is 4.61. The topological polar surface area (TPSA) is 67.2 Å². The van der Waals surface area contributed by atoms with Crippen molar-refractivity contribution >= 4 is 10.0 Å². The van der Waals surface area contributed by atoms with Gasteiger partial charge in [-0.2, -0.15) is 5.10 Å². The lowest BCUT2D eigenvalue weighted by Gasteiger charge is -2.19. The van der Waals surface area contributed by atoms with E-state index in [0.29, 0.717) is 12.6 Å². The van der Waals surface area contributed by atoms with E-state index in [4.69, 9.17) is 0 Å². The molecule has 0 unspecified atom stereocenters. The van der Waals surface area contributed by atoms with E-state index in [1.165, 1.54) is 29.9 Å². The molecule has 7 heteroatoms. The van der Waals surface area contributed by atoms with Gasteiger partial charge in [0.15, 0.2) is 0 Å². The zero-order valence-corrected chi connectivity index (χ0v) is 11.7. The molecular weight excluding hydrogens is 252 g/mol. The third-order valence-corrected chi connectivity index (χ3v) is 4.57. The van der Waals surface area contributed by atoms with E-state index in [0.717, 1.165) is 13.1 Å². The van der Waals surface area contributed by atoms with Crippen molar-refractivity contribution in [1.82, 2.24) is 19.4 Å². The Morgan fingerprint density at radius 2 is 2.28 bits per heavy atom. The average Bonchev–Trinajstić information content (AvgIpc) is 3.06. The van der Waals surface area contributed by atoms with Crippen molar-refractivity contribution in [2.45, 2.75) is 30.7 Å². The van der Waals surface area contributed by atoms with Gasteiger partial charge in [0.1, 0.15) is 4.90 Å². The Hall–Kier alpha value is -0.920. The average molecular weight is 272 g/mol. The molecule has 1 aromatic rings. The minimum atomic E-state index is -3.41. The van der Waals surface area contributed by atoms with Gasteiger partial charge in [0, 0.05) is 32.4 Å². The molecular formula is C11H20N4O2S. The first-order valence-corrected chi connectivity index (χ1v) is 7.73. The fourth-order valence-corrected chi connectivity index (χ4v) is 2.99. The minimum Gasteiger partial charge on any atom is -0.299 e. The van der Waals surface area contributed by atoms with Gasteiger partial charge in [-0.25, -0.2) is 13.1 Å². The summed E-state index contributed by atoms with van der Waals surface area (Å²) in [6, 6.07) is 0.665. The predicted octanol–water partition coefficient (Wildman–Crippen LogP) is 0.183. The van der Waals surface area contributed by atoms with Crippen LogP contribution in [0.2, 0.25) is 0 Å². The summed E-state index contributed by atoms with van der Waals surface area (Å²) in [4.78, 5) is 2.53. The second-order valence-corrected chi connectivity index (χ2v) is 6.37. The van der Waals surface area contributed by atoms with Crippen LogP contribution in [0.1, 0.15) is 19.8 Å². The Morgan fingerprint density at radius 1 is 1.56 bits per heavy atom. The van der Waals surface area contributed by atoms with E-state index < -0.39 is 10.0 Å². The molecule has 0 radical (unpaired) electrons. The molecule has 2 rings (SSSR count). The molecule has 0 spiro atoms. The van der Waals surface area contributed by atoms with E-state index in [-0.39, 0.29) is 4.90 Å². The first kappa shape index (κ1) is 13.5. The van der Waals surface area contributed by atoms with Gasteiger partial charge < -0.3 is 0 Å². The smallest absolute Gasteiger partial charge is 0.243 e. The van der Waals surface area contributed by atoms with Crippen LogP contribution in [0.4, 0.5) is 0 Å². The lowest BCUT2D eigenvalue weighted by Crippen LogP contribution is -2.36. The lowest BCUT2D eigenvalue weighted by atomic mass is 10.4. The molecule has 0 aliphatic heterocycles. The maximum absolute atomic E-state index is 11.9. The van der Waals surface area contributed by atoms with Crippen molar-refractivity contribution in [3.05, 3.63) is 12.4 Å². The molecule has 1 aliphatic carbocycles. The highest BCUT2D eigenvalue weighted by atomic mass is 32.2.